The minimum Gasteiger partial charge on any atom is -1.00 e. The molecule has 2 aliphatic heterocycles. The third-order valence-electron chi connectivity index (χ3n) is 15.1. The number of benzene rings is 7. The fourth-order valence-corrected chi connectivity index (χ4v) is 13.5. The van der Waals surface area contributed by atoms with Crippen LogP contribution in [0.4, 0.5) is 11.4 Å². The molecule has 76 heavy (non-hydrogen) atoms. The number of ether oxygens (including phenoxy) is 2. The molecule has 0 saturated heterocycles. The molecule has 1 atom stereocenters. The molecule has 0 N–H and O–H groups in total. The number of allylic oxidation sites excluding steroid dienone is 4. The minimum absolute atomic E-state index is 0. The normalized spacial score (nSPS) is 15.8. The van der Waals surface area contributed by atoms with Crippen LogP contribution in [0.15, 0.2) is 182 Å². The van der Waals surface area contributed by atoms with Gasteiger partial charge in [0.1, 0.15) is 11.4 Å². The van der Waals surface area contributed by atoms with Crippen molar-refractivity contribution >= 4 is 47.2 Å². The van der Waals surface area contributed by atoms with Gasteiger partial charge in [-0.2, -0.15) is 9.84 Å². The van der Waals surface area contributed by atoms with Crippen LogP contribution in [-0.4, -0.2) is 67.1 Å². The van der Waals surface area contributed by atoms with Crippen molar-refractivity contribution in [2.75, 3.05) is 44.9 Å². The number of fused-ring (bicyclic) bond motifs is 6. The largest absolute Gasteiger partial charge is 1.00 e. The predicted molar refractivity (Wildman–Crippen MR) is 310 cm³/mol. The Bertz CT molecular complexity index is 3190. The molecule has 0 aliphatic carbocycles. The molecule has 10 heteroatoms. The van der Waals surface area contributed by atoms with E-state index in [1.54, 1.807) is 7.11 Å². The van der Waals surface area contributed by atoms with E-state index in [9.17, 15) is 5.26 Å². The van der Waals surface area contributed by atoms with Gasteiger partial charge in [-0.3, -0.25) is 0 Å². The molecule has 2 heterocycles. The van der Waals surface area contributed by atoms with Gasteiger partial charge in [0, 0.05) is 59.6 Å². The quantitative estimate of drug-likeness (QED) is 0.0290. The van der Waals surface area contributed by atoms with Crippen LogP contribution in [0, 0.1) is 11.3 Å². The van der Waals surface area contributed by atoms with Crippen molar-refractivity contribution in [3.63, 3.8) is 0 Å². The van der Waals surface area contributed by atoms with E-state index in [2.05, 4.69) is 239 Å². The zero-order chi connectivity index (χ0) is 52.7. The van der Waals surface area contributed by atoms with Gasteiger partial charge in [0.05, 0.1) is 44.8 Å². The Morgan fingerprint density at radius 1 is 0.658 bits per heavy atom. The highest BCUT2D eigenvalue weighted by Crippen LogP contribution is 2.52. The van der Waals surface area contributed by atoms with Crippen molar-refractivity contribution in [2.45, 2.75) is 103 Å². The van der Waals surface area contributed by atoms with Gasteiger partial charge in [0.2, 0.25) is 5.69 Å². The van der Waals surface area contributed by atoms with Crippen LogP contribution < -0.4 is 22.0 Å². The van der Waals surface area contributed by atoms with Gasteiger partial charge in [0.15, 0.2) is 12.3 Å². The van der Waals surface area contributed by atoms with Crippen LogP contribution in [0.1, 0.15) is 102 Å². The summed E-state index contributed by atoms with van der Waals surface area (Å²) in [7, 11) is 0.374. The summed E-state index contributed by atoms with van der Waals surface area (Å²) in [5.74, 6) is 0.806. The molecule has 7 aromatic carbocycles. The number of hydrogen-bond donors (Lipinski definition) is 0. The van der Waals surface area contributed by atoms with Crippen LogP contribution in [0.3, 0.4) is 0 Å². The third kappa shape index (κ3) is 11.0. The lowest BCUT2D eigenvalue weighted by atomic mass is 9.79. The molecule has 8 nitrogen and oxygen atoms in total. The van der Waals surface area contributed by atoms with Crippen molar-refractivity contribution in [1.82, 2.24) is 4.67 Å². The second-order valence-electron chi connectivity index (χ2n) is 21.3. The number of halogens is 1. The summed E-state index contributed by atoms with van der Waals surface area (Å²) in [5.41, 5.74) is 9.43. The van der Waals surface area contributed by atoms with Gasteiger partial charge in [-0.15, -0.1) is 0 Å². The molecule has 0 aromatic heterocycles. The van der Waals surface area contributed by atoms with E-state index < -0.39 is 14.1 Å². The summed E-state index contributed by atoms with van der Waals surface area (Å²) in [6.07, 6.45) is 8.94. The maximum absolute atomic E-state index is 9.30. The Morgan fingerprint density at radius 2 is 1.22 bits per heavy atom. The Morgan fingerprint density at radius 3 is 1.83 bits per heavy atom. The SMILES string of the molecule is COc1ccc(C(OCCCN2/C(=C\C=C\C3=[N+](CCCOP(OCCC#N)N(C(C)C)C(C)C)c4ccc5ccccc5c4C3(C)C)C(C)(C)c3c2ccc2ccccc32)(c2ccccc2)c2ccccc2)cc1.[Cl-]. The summed E-state index contributed by atoms with van der Waals surface area (Å²) >= 11 is 0. The topological polar surface area (TPSA) is 70.2 Å². The van der Waals surface area contributed by atoms with E-state index in [1.807, 2.05) is 12.1 Å². The lowest BCUT2D eigenvalue weighted by molar-refractivity contribution is -0.438. The molecule has 0 radical (unpaired) electrons. The fourth-order valence-electron chi connectivity index (χ4n) is 11.8. The zero-order valence-corrected chi connectivity index (χ0v) is 47.5. The molecule has 0 amide bonds. The Labute approximate surface area is 459 Å². The molecule has 0 fully saturated rings. The van der Waals surface area contributed by atoms with E-state index in [1.165, 1.54) is 55.5 Å². The summed E-state index contributed by atoms with van der Waals surface area (Å²) in [4.78, 5) is 2.55. The summed E-state index contributed by atoms with van der Waals surface area (Å²) in [5, 5.41) is 14.4. The van der Waals surface area contributed by atoms with Gasteiger partial charge in [0.25, 0.3) is 8.53 Å². The first kappa shape index (κ1) is 56.1. The van der Waals surface area contributed by atoms with E-state index in [0.717, 1.165) is 48.4 Å². The average Bonchev–Trinajstić information content (AvgIpc) is 3.78. The minimum atomic E-state index is -1.33. The predicted octanol–water partition coefficient (Wildman–Crippen LogP) is 12.7. The standard InChI is InChI=1S/C66H74N4O4P.ClH/c1-48(2)70(49(3)4)75(73-46-21-42-67)74-47-23-44-69-59-41-35-51-25-17-19-31-57(51)63(59)65(7,8)61(69)33-20-32-60-64(5,6)62-56-30-18-16-24-50(56)34-40-58(62)68(60)43-22-45-72-66(52-26-12-10-13-27-52,53-28-14-11-15-29-53)54-36-38-55(71-9)39-37-54;/h10-20,24-41,48-49H,21-23,43-47H2,1-9H3;1H/q+1;/p-1. The van der Waals surface area contributed by atoms with E-state index in [0.29, 0.717) is 26.2 Å². The third-order valence-corrected chi connectivity index (χ3v) is 17.2. The summed E-state index contributed by atoms with van der Waals surface area (Å²) in [6.45, 7) is 21.2. The lowest BCUT2D eigenvalue weighted by Crippen LogP contribution is -3.00. The molecule has 0 saturated carbocycles. The molecule has 2 aliphatic rings. The number of rotatable bonds is 22. The van der Waals surface area contributed by atoms with E-state index >= 15 is 0 Å². The maximum atomic E-state index is 9.30. The first-order valence-corrected chi connectivity index (χ1v) is 27.9. The molecular weight excluding hydrogens is 979 g/mol. The molecule has 0 spiro atoms. The van der Waals surface area contributed by atoms with Crippen LogP contribution in [-0.2, 0) is 30.2 Å². The Kier molecular flexibility index (Phi) is 18.0. The smallest absolute Gasteiger partial charge is 0.259 e. The molecule has 394 valence electrons. The average molecular weight is 1050 g/mol. The van der Waals surface area contributed by atoms with Crippen LogP contribution in [0.2, 0.25) is 0 Å². The van der Waals surface area contributed by atoms with Crippen LogP contribution in [0.25, 0.3) is 21.5 Å². The van der Waals surface area contributed by atoms with Crippen molar-refractivity contribution in [3.05, 3.63) is 209 Å². The summed E-state index contributed by atoms with van der Waals surface area (Å²) < 4.78 is 30.7. The number of nitriles is 1. The first-order valence-electron chi connectivity index (χ1n) is 26.8. The lowest BCUT2D eigenvalue weighted by Gasteiger charge is -2.36. The molecule has 9 rings (SSSR count). The zero-order valence-electron chi connectivity index (χ0n) is 45.8. The van der Waals surface area contributed by atoms with Crippen molar-refractivity contribution in [2.24, 2.45) is 0 Å². The van der Waals surface area contributed by atoms with E-state index in [-0.39, 0.29) is 35.3 Å². The van der Waals surface area contributed by atoms with Crippen molar-refractivity contribution in [3.8, 4) is 11.8 Å². The Hall–Kier alpha value is -6.14. The summed E-state index contributed by atoms with van der Waals surface area (Å²) in [6, 6.07) is 59.0. The van der Waals surface area contributed by atoms with Gasteiger partial charge in [-0.05, 0) is 122 Å². The number of methoxy groups -OCH3 is 1. The van der Waals surface area contributed by atoms with Gasteiger partial charge in [-0.1, -0.05) is 147 Å². The van der Waals surface area contributed by atoms with E-state index in [4.69, 9.17) is 18.5 Å². The van der Waals surface area contributed by atoms with Crippen molar-refractivity contribution < 1.29 is 35.5 Å². The highest BCUT2D eigenvalue weighted by Gasteiger charge is 2.46. The number of hydrogen-bond acceptors (Lipinski definition) is 7. The first-order chi connectivity index (χ1) is 36.3. The molecule has 0 bridgehead atoms. The second kappa shape index (κ2) is 24.5. The van der Waals surface area contributed by atoms with Gasteiger partial charge in [-0.25, -0.2) is 4.67 Å². The number of anilines is 1. The monoisotopic (exact) mass is 1050 g/mol. The van der Waals surface area contributed by atoms with Crippen molar-refractivity contribution in [1.29, 1.82) is 5.26 Å². The highest BCUT2D eigenvalue weighted by atomic mass is 35.5. The second-order valence-corrected chi connectivity index (χ2v) is 22.7. The van der Waals surface area contributed by atoms with Crippen LogP contribution >= 0.6 is 8.53 Å². The molecule has 1 unspecified atom stereocenters. The molecule has 7 aromatic rings. The Balaban J connectivity index is 0.00000765. The number of nitrogens with zero attached hydrogens (tertiary/aromatic N) is 4. The van der Waals surface area contributed by atoms with Gasteiger partial charge < -0.3 is 35.8 Å². The fraction of sp³-hybridized carbons (Fsp3) is 0.333. The molecular formula is C66H74ClN4O4P. The highest BCUT2D eigenvalue weighted by molar-refractivity contribution is 7.44. The van der Waals surface area contributed by atoms with Crippen LogP contribution in [0.5, 0.6) is 5.75 Å². The van der Waals surface area contributed by atoms with Gasteiger partial charge >= 0.3 is 0 Å². The maximum Gasteiger partial charge on any atom is 0.259 e.